The summed E-state index contributed by atoms with van der Waals surface area (Å²) in [5.74, 6) is 1.36. The smallest absolute Gasteiger partial charge is 0.224 e. The van der Waals surface area contributed by atoms with Crippen molar-refractivity contribution in [3.05, 3.63) is 66.7 Å². The average Bonchev–Trinajstić information content (AvgIpc) is 2.95. The molecule has 0 fully saturated rings. The van der Waals surface area contributed by atoms with Crippen LogP contribution in [-0.4, -0.2) is 34.6 Å². The second kappa shape index (κ2) is 14.1. The Morgan fingerprint density at radius 3 is 2.41 bits per heavy atom. The van der Waals surface area contributed by atoms with E-state index in [1.54, 1.807) is 25.7 Å². The van der Waals surface area contributed by atoms with E-state index in [0.29, 0.717) is 30.3 Å². The maximum atomic E-state index is 12.1. The van der Waals surface area contributed by atoms with E-state index < -0.39 is 0 Å². The molecular weight excluding hydrogens is 490 g/mol. The van der Waals surface area contributed by atoms with Gasteiger partial charge >= 0.3 is 0 Å². The number of hydrogen-bond donors (Lipinski definition) is 2. The maximum Gasteiger partial charge on any atom is 0.224 e. The summed E-state index contributed by atoms with van der Waals surface area (Å²) in [6.45, 7) is 2.61. The molecule has 1 amide bonds. The highest BCUT2D eigenvalue weighted by molar-refractivity contribution is 5.93. The number of nitrogens with one attached hydrogen (secondary N) is 1. The van der Waals surface area contributed by atoms with Gasteiger partial charge in [0, 0.05) is 35.3 Å². The number of aryl methyl sites for hydroxylation is 1. The Bertz CT molecular complexity index is 1370. The number of aromatic nitrogens is 3. The molecule has 8 nitrogen and oxygen atoms in total. The molecule has 4 aromatic rings. The Morgan fingerprint density at radius 1 is 0.897 bits per heavy atom. The fourth-order valence-electron chi connectivity index (χ4n) is 4.49. The number of carbonyl (C=O) groups excluding carboxylic acids is 1. The van der Waals surface area contributed by atoms with E-state index in [0.717, 1.165) is 78.4 Å². The van der Waals surface area contributed by atoms with Crippen LogP contribution < -0.4 is 20.5 Å². The number of unbranched alkanes of at least 4 members (excludes halogenated alkanes) is 6. The lowest BCUT2D eigenvalue weighted by Gasteiger charge is -2.13. The van der Waals surface area contributed by atoms with Gasteiger partial charge in [-0.2, -0.15) is 0 Å². The number of hydrogen-bond acceptors (Lipinski definition) is 7. The second-order valence-electron chi connectivity index (χ2n) is 9.63. The Kier molecular flexibility index (Phi) is 10.1. The zero-order chi connectivity index (χ0) is 27.5. The third-order valence-electron chi connectivity index (χ3n) is 6.72. The van der Waals surface area contributed by atoms with Gasteiger partial charge in [-0.05, 0) is 55.7 Å². The van der Waals surface area contributed by atoms with Gasteiger partial charge in [0.1, 0.15) is 17.6 Å². The third kappa shape index (κ3) is 7.89. The molecule has 4 rings (SSSR count). The Hall–Kier alpha value is -4.20. The summed E-state index contributed by atoms with van der Waals surface area (Å²) < 4.78 is 11.4. The quantitative estimate of drug-likeness (QED) is 0.138. The number of pyridine rings is 1. The molecule has 0 spiro atoms. The molecule has 0 bridgehead atoms. The largest absolute Gasteiger partial charge is 0.491 e. The summed E-state index contributed by atoms with van der Waals surface area (Å²) in [5.41, 5.74) is 10.9. The van der Waals surface area contributed by atoms with Crippen molar-refractivity contribution < 1.29 is 14.3 Å². The molecule has 3 N–H and O–H groups in total. The molecule has 8 heteroatoms. The van der Waals surface area contributed by atoms with E-state index in [9.17, 15) is 4.79 Å². The zero-order valence-corrected chi connectivity index (χ0v) is 22.8. The van der Waals surface area contributed by atoms with Crippen LogP contribution in [0, 0.1) is 6.92 Å². The van der Waals surface area contributed by atoms with Gasteiger partial charge in [-0.1, -0.05) is 44.2 Å². The predicted molar refractivity (Wildman–Crippen MR) is 156 cm³/mol. The van der Waals surface area contributed by atoms with E-state index in [4.69, 9.17) is 15.2 Å². The topological polar surface area (TPSA) is 112 Å². The van der Waals surface area contributed by atoms with Gasteiger partial charge in [-0.3, -0.25) is 4.79 Å². The molecule has 0 aliphatic carbocycles. The van der Waals surface area contributed by atoms with Crippen molar-refractivity contribution >= 4 is 28.2 Å². The van der Waals surface area contributed by atoms with E-state index in [2.05, 4.69) is 26.3 Å². The van der Waals surface area contributed by atoms with Gasteiger partial charge in [-0.15, -0.1) is 0 Å². The van der Waals surface area contributed by atoms with E-state index in [1.165, 1.54) is 0 Å². The second-order valence-corrected chi connectivity index (χ2v) is 9.63. The van der Waals surface area contributed by atoms with Gasteiger partial charge in [0.25, 0.3) is 0 Å². The van der Waals surface area contributed by atoms with Crippen LogP contribution in [0.25, 0.3) is 22.0 Å². The van der Waals surface area contributed by atoms with Crippen LogP contribution in [0.1, 0.15) is 57.1 Å². The normalized spacial score (nSPS) is 10.9. The summed E-state index contributed by atoms with van der Waals surface area (Å²) in [6, 6.07) is 15.3. The first-order valence-electron chi connectivity index (χ1n) is 13.6. The Morgan fingerprint density at radius 2 is 1.67 bits per heavy atom. The number of methoxy groups -OCH3 is 1. The number of ether oxygens (including phenoxy) is 2. The first-order valence-corrected chi connectivity index (χ1v) is 13.6. The molecular formula is C31H37N5O3. The minimum Gasteiger partial charge on any atom is -0.491 e. The lowest BCUT2D eigenvalue weighted by Crippen LogP contribution is -2.12. The SMILES string of the molecule is COc1ccc(-c2cc(OCCCCCCCCCC(=O)Nc3ccccc3N)c3ncnc(C)c3c2)cn1. The van der Waals surface area contributed by atoms with Gasteiger partial charge in [-0.25, -0.2) is 15.0 Å². The molecule has 39 heavy (non-hydrogen) atoms. The number of rotatable bonds is 14. The van der Waals surface area contributed by atoms with Crippen LogP contribution in [0.4, 0.5) is 11.4 Å². The summed E-state index contributed by atoms with van der Waals surface area (Å²) in [7, 11) is 1.61. The molecule has 0 saturated carbocycles. The Labute approximate surface area is 230 Å². The molecule has 0 radical (unpaired) electrons. The molecule has 0 saturated heterocycles. The minimum absolute atomic E-state index is 0.0189. The van der Waals surface area contributed by atoms with Gasteiger partial charge in [0.05, 0.1) is 25.1 Å². The lowest BCUT2D eigenvalue weighted by atomic mass is 10.0. The maximum absolute atomic E-state index is 12.1. The van der Waals surface area contributed by atoms with Crippen LogP contribution >= 0.6 is 0 Å². The fourth-order valence-corrected chi connectivity index (χ4v) is 4.49. The molecule has 2 aromatic carbocycles. The number of nitrogen functional groups attached to an aromatic ring is 1. The summed E-state index contributed by atoms with van der Waals surface area (Å²) in [4.78, 5) is 25.3. The molecule has 2 aromatic heterocycles. The molecule has 2 heterocycles. The van der Waals surface area contributed by atoms with Crippen molar-refractivity contribution in [2.75, 3.05) is 24.8 Å². The minimum atomic E-state index is 0.0189. The van der Waals surface area contributed by atoms with Gasteiger partial charge in [0.15, 0.2) is 0 Å². The van der Waals surface area contributed by atoms with Crippen LogP contribution in [-0.2, 0) is 4.79 Å². The highest BCUT2D eigenvalue weighted by Gasteiger charge is 2.11. The molecule has 0 aliphatic heterocycles. The number of benzene rings is 2. The fraction of sp³-hybridized carbons (Fsp3) is 0.355. The third-order valence-corrected chi connectivity index (χ3v) is 6.72. The monoisotopic (exact) mass is 527 g/mol. The first-order chi connectivity index (χ1) is 19.0. The van der Waals surface area contributed by atoms with Crippen molar-refractivity contribution in [1.82, 2.24) is 15.0 Å². The first kappa shape index (κ1) is 27.8. The van der Waals surface area contributed by atoms with Crippen molar-refractivity contribution in [2.24, 2.45) is 0 Å². The predicted octanol–water partition coefficient (Wildman–Crippen LogP) is 6.73. The van der Waals surface area contributed by atoms with Crippen LogP contribution in [0.15, 0.2) is 61.1 Å². The average molecular weight is 528 g/mol. The van der Waals surface area contributed by atoms with Crippen molar-refractivity contribution in [3.8, 4) is 22.8 Å². The zero-order valence-electron chi connectivity index (χ0n) is 22.8. The Balaban J connectivity index is 1.18. The molecule has 204 valence electrons. The molecule has 0 atom stereocenters. The van der Waals surface area contributed by atoms with Crippen LogP contribution in [0.5, 0.6) is 11.6 Å². The molecule has 0 aliphatic rings. The number of nitrogens with zero attached hydrogens (tertiary/aromatic N) is 3. The molecule has 0 unspecified atom stereocenters. The lowest BCUT2D eigenvalue weighted by molar-refractivity contribution is -0.116. The summed E-state index contributed by atoms with van der Waals surface area (Å²) in [6.07, 6.45) is 11.3. The van der Waals surface area contributed by atoms with Crippen molar-refractivity contribution in [1.29, 1.82) is 0 Å². The number of carbonyl (C=O) groups is 1. The van der Waals surface area contributed by atoms with E-state index in [-0.39, 0.29) is 5.91 Å². The number of anilines is 2. The van der Waals surface area contributed by atoms with Crippen LogP contribution in [0.3, 0.4) is 0 Å². The van der Waals surface area contributed by atoms with Gasteiger partial charge < -0.3 is 20.5 Å². The van der Waals surface area contributed by atoms with Crippen molar-refractivity contribution in [3.63, 3.8) is 0 Å². The highest BCUT2D eigenvalue weighted by atomic mass is 16.5. The number of para-hydroxylation sites is 2. The summed E-state index contributed by atoms with van der Waals surface area (Å²) in [5, 5.41) is 3.86. The van der Waals surface area contributed by atoms with Crippen molar-refractivity contribution in [2.45, 2.75) is 58.3 Å². The van der Waals surface area contributed by atoms with E-state index in [1.807, 2.05) is 43.3 Å². The van der Waals surface area contributed by atoms with E-state index >= 15 is 0 Å². The number of fused-ring (bicyclic) bond motifs is 1. The van der Waals surface area contributed by atoms with Crippen LogP contribution in [0.2, 0.25) is 0 Å². The summed E-state index contributed by atoms with van der Waals surface area (Å²) >= 11 is 0. The number of nitrogens with two attached hydrogens (primary N) is 1. The highest BCUT2D eigenvalue weighted by Crippen LogP contribution is 2.33. The number of amides is 1. The van der Waals surface area contributed by atoms with Gasteiger partial charge in [0.2, 0.25) is 11.8 Å². The standard InChI is InChI=1S/C31H37N5O3/c1-22-25-18-24(23-15-16-30(38-2)33-20-23)19-28(31(25)35-21-34-22)39-17-11-7-5-3-4-6-8-14-29(37)36-27-13-10-9-12-26(27)32/h9-10,12-13,15-16,18-21H,3-8,11,14,17,32H2,1-2H3,(H,36,37).